The first-order valence-corrected chi connectivity index (χ1v) is 8.42. The highest BCUT2D eigenvalue weighted by molar-refractivity contribution is 6.30. The van der Waals surface area contributed by atoms with Gasteiger partial charge in [0.25, 0.3) is 5.91 Å². The van der Waals surface area contributed by atoms with Gasteiger partial charge in [0.2, 0.25) is 0 Å². The summed E-state index contributed by atoms with van der Waals surface area (Å²) in [6.45, 7) is -0.287. The van der Waals surface area contributed by atoms with Crippen LogP contribution in [0.15, 0.2) is 24.3 Å². The minimum Gasteiger partial charge on any atom is -0.459 e. The van der Waals surface area contributed by atoms with Gasteiger partial charge >= 0.3 is 12.0 Å². The maximum Gasteiger partial charge on any atom is 0.326 e. The second kappa shape index (κ2) is 6.81. The van der Waals surface area contributed by atoms with Crippen molar-refractivity contribution in [2.75, 3.05) is 6.54 Å². The zero-order chi connectivity index (χ0) is 17.2. The summed E-state index contributed by atoms with van der Waals surface area (Å²) in [5.41, 5.74) is -0.0279. The molecule has 24 heavy (non-hydrogen) atoms. The van der Waals surface area contributed by atoms with Crippen LogP contribution in [0.5, 0.6) is 0 Å². The SMILES string of the molecule is O=C(CN1C(=O)NC2(CCCCC2)C1=O)OCc1ccc(Cl)cc1. The van der Waals surface area contributed by atoms with Crippen LogP contribution in [0.2, 0.25) is 5.02 Å². The highest BCUT2D eigenvalue weighted by Gasteiger charge is 2.51. The normalized spacial score (nSPS) is 19.5. The summed E-state index contributed by atoms with van der Waals surface area (Å²) in [6.07, 6.45) is 4.14. The van der Waals surface area contributed by atoms with E-state index in [0.717, 1.165) is 29.7 Å². The first kappa shape index (κ1) is 16.8. The Hall–Kier alpha value is -2.08. The molecule has 6 nitrogen and oxygen atoms in total. The van der Waals surface area contributed by atoms with E-state index >= 15 is 0 Å². The molecule has 3 amide bonds. The van der Waals surface area contributed by atoms with Gasteiger partial charge in [-0.1, -0.05) is 43.0 Å². The Bertz CT molecular complexity index is 653. The number of benzene rings is 1. The van der Waals surface area contributed by atoms with Gasteiger partial charge in [0.1, 0.15) is 18.7 Å². The Morgan fingerprint density at radius 1 is 1.17 bits per heavy atom. The number of amides is 3. The summed E-state index contributed by atoms with van der Waals surface area (Å²) in [5.74, 6) is -0.919. The van der Waals surface area contributed by atoms with Crippen molar-refractivity contribution in [3.8, 4) is 0 Å². The van der Waals surface area contributed by atoms with Crippen LogP contribution in [0.4, 0.5) is 4.79 Å². The number of carbonyl (C=O) groups is 3. The van der Waals surface area contributed by atoms with Crippen LogP contribution < -0.4 is 5.32 Å². The van der Waals surface area contributed by atoms with E-state index in [4.69, 9.17) is 16.3 Å². The van der Waals surface area contributed by atoms with Crippen LogP contribution in [-0.4, -0.2) is 34.9 Å². The number of ether oxygens (including phenoxy) is 1. The molecule has 0 atom stereocenters. The second-order valence-corrected chi connectivity index (χ2v) is 6.69. The van der Waals surface area contributed by atoms with Crippen LogP contribution >= 0.6 is 11.6 Å². The fraction of sp³-hybridized carbons (Fsp3) is 0.471. The zero-order valence-electron chi connectivity index (χ0n) is 13.2. The van der Waals surface area contributed by atoms with E-state index in [1.165, 1.54) is 0 Å². The summed E-state index contributed by atoms with van der Waals surface area (Å²) >= 11 is 5.79. The van der Waals surface area contributed by atoms with Gasteiger partial charge in [0.05, 0.1) is 0 Å². The van der Waals surface area contributed by atoms with Gasteiger partial charge < -0.3 is 10.1 Å². The summed E-state index contributed by atoms with van der Waals surface area (Å²) < 4.78 is 5.15. The van der Waals surface area contributed by atoms with E-state index in [1.807, 2.05) is 0 Å². The zero-order valence-corrected chi connectivity index (χ0v) is 14.0. The summed E-state index contributed by atoms with van der Waals surface area (Å²) in [7, 11) is 0. The number of nitrogens with zero attached hydrogens (tertiary/aromatic N) is 1. The van der Waals surface area contributed by atoms with Gasteiger partial charge in [0.15, 0.2) is 0 Å². The number of rotatable bonds is 4. The molecule has 1 N–H and O–H groups in total. The third-order valence-corrected chi connectivity index (χ3v) is 4.81. The number of urea groups is 1. The highest BCUT2D eigenvalue weighted by Crippen LogP contribution is 2.33. The molecule has 1 heterocycles. The van der Waals surface area contributed by atoms with Crippen LogP contribution in [0.25, 0.3) is 0 Å². The van der Waals surface area contributed by atoms with Gasteiger partial charge in [0, 0.05) is 5.02 Å². The highest BCUT2D eigenvalue weighted by atomic mass is 35.5. The molecule has 0 bridgehead atoms. The van der Waals surface area contributed by atoms with Crippen LogP contribution in [0.1, 0.15) is 37.7 Å². The molecule has 2 fully saturated rings. The third kappa shape index (κ3) is 3.38. The molecule has 1 aromatic rings. The van der Waals surface area contributed by atoms with Crippen LogP contribution in [-0.2, 0) is 20.9 Å². The molecule has 2 aliphatic rings. The minimum atomic E-state index is -0.814. The molecule has 1 aliphatic heterocycles. The van der Waals surface area contributed by atoms with Gasteiger partial charge in [-0.25, -0.2) is 4.79 Å². The Morgan fingerprint density at radius 3 is 2.50 bits per heavy atom. The average molecular weight is 351 g/mol. The van der Waals surface area contributed by atoms with E-state index in [0.29, 0.717) is 17.9 Å². The lowest BCUT2D eigenvalue weighted by Crippen LogP contribution is -2.48. The second-order valence-electron chi connectivity index (χ2n) is 6.25. The average Bonchev–Trinajstić information content (AvgIpc) is 2.79. The maximum atomic E-state index is 12.6. The van der Waals surface area contributed by atoms with Crippen molar-refractivity contribution in [1.29, 1.82) is 0 Å². The molecule has 0 unspecified atom stereocenters. The quantitative estimate of drug-likeness (QED) is 0.669. The largest absolute Gasteiger partial charge is 0.459 e. The summed E-state index contributed by atoms with van der Waals surface area (Å²) in [4.78, 5) is 37.6. The van der Waals surface area contributed by atoms with E-state index in [2.05, 4.69) is 5.32 Å². The van der Waals surface area contributed by atoms with Crippen LogP contribution in [0, 0.1) is 0 Å². The Morgan fingerprint density at radius 2 is 1.83 bits per heavy atom. The van der Waals surface area contributed by atoms with Crippen molar-refractivity contribution in [3.63, 3.8) is 0 Å². The lowest BCUT2D eigenvalue weighted by Gasteiger charge is -2.30. The molecular weight excluding hydrogens is 332 g/mol. The topological polar surface area (TPSA) is 75.7 Å². The molecule has 1 spiro atoms. The number of carbonyl (C=O) groups excluding carboxylic acids is 3. The molecule has 0 radical (unpaired) electrons. The molecule has 1 aromatic carbocycles. The Labute approximate surface area is 145 Å². The number of hydrogen-bond donors (Lipinski definition) is 1. The Kier molecular flexibility index (Phi) is 4.76. The van der Waals surface area contributed by atoms with Crippen molar-refractivity contribution in [3.05, 3.63) is 34.9 Å². The molecule has 128 valence electrons. The summed E-state index contributed by atoms with van der Waals surface area (Å²) in [6, 6.07) is 6.40. The van der Waals surface area contributed by atoms with E-state index < -0.39 is 17.5 Å². The van der Waals surface area contributed by atoms with E-state index in [-0.39, 0.29) is 19.1 Å². The number of hydrogen-bond acceptors (Lipinski definition) is 4. The molecule has 1 aliphatic carbocycles. The smallest absolute Gasteiger partial charge is 0.326 e. The van der Waals surface area contributed by atoms with E-state index in [1.54, 1.807) is 24.3 Å². The van der Waals surface area contributed by atoms with Crippen molar-refractivity contribution < 1.29 is 19.1 Å². The molecule has 7 heteroatoms. The summed E-state index contributed by atoms with van der Waals surface area (Å²) in [5, 5.41) is 3.37. The lowest BCUT2D eigenvalue weighted by molar-refractivity contribution is -0.149. The Balaban J connectivity index is 1.56. The monoisotopic (exact) mass is 350 g/mol. The molecular formula is C17H19ClN2O4. The standard InChI is InChI=1S/C17H19ClN2O4/c18-13-6-4-12(5-7-13)11-24-14(21)10-20-15(22)17(19-16(20)23)8-2-1-3-9-17/h4-7H,1-3,8-11H2,(H,19,23). The van der Waals surface area contributed by atoms with Gasteiger partial charge in [-0.3, -0.25) is 14.5 Å². The van der Waals surface area contributed by atoms with Crippen molar-refractivity contribution >= 4 is 29.5 Å². The fourth-order valence-corrected chi connectivity index (χ4v) is 3.36. The lowest BCUT2D eigenvalue weighted by atomic mass is 9.82. The van der Waals surface area contributed by atoms with Crippen molar-refractivity contribution in [1.82, 2.24) is 10.2 Å². The van der Waals surface area contributed by atoms with Crippen molar-refractivity contribution in [2.45, 2.75) is 44.2 Å². The molecule has 1 saturated heterocycles. The number of halogens is 1. The van der Waals surface area contributed by atoms with E-state index in [9.17, 15) is 14.4 Å². The maximum absolute atomic E-state index is 12.6. The number of nitrogens with one attached hydrogen (secondary N) is 1. The first-order valence-electron chi connectivity index (χ1n) is 8.04. The molecule has 3 rings (SSSR count). The minimum absolute atomic E-state index is 0.0742. The van der Waals surface area contributed by atoms with Gasteiger partial charge in [-0.05, 0) is 30.5 Å². The number of imide groups is 1. The third-order valence-electron chi connectivity index (χ3n) is 4.55. The predicted octanol–water partition coefficient (Wildman–Crippen LogP) is 2.64. The molecule has 1 saturated carbocycles. The predicted molar refractivity (Wildman–Crippen MR) is 87.3 cm³/mol. The fourth-order valence-electron chi connectivity index (χ4n) is 3.23. The van der Waals surface area contributed by atoms with Crippen molar-refractivity contribution in [2.24, 2.45) is 0 Å². The van der Waals surface area contributed by atoms with Crippen LogP contribution in [0.3, 0.4) is 0 Å². The van der Waals surface area contributed by atoms with Gasteiger partial charge in [-0.2, -0.15) is 0 Å². The first-order chi connectivity index (χ1) is 11.5. The number of esters is 1. The molecule has 0 aromatic heterocycles. The van der Waals surface area contributed by atoms with Gasteiger partial charge in [-0.15, -0.1) is 0 Å².